The summed E-state index contributed by atoms with van der Waals surface area (Å²) in [5.41, 5.74) is 2.10. The predicted octanol–water partition coefficient (Wildman–Crippen LogP) is 3.49. The Labute approximate surface area is 197 Å². The monoisotopic (exact) mass is 468 g/mol. The van der Waals surface area contributed by atoms with Crippen LogP contribution in [0.3, 0.4) is 0 Å². The number of aromatic hydroxyl groups is 1. The molecule has 2 aromatic carbocycles. The molecule has 1 atom stereocenters. The van der Waals surface area contributed by atoms with E-state index < -0.39 is 0 Å². The zero-order valence-corrected chi connectivity index (χ0v) is 19.5. The average Bonchev–Trinajstić information content (AvgIpc) is 3.25. The van der Waals surface area contributed by atoms with Crippen molar-refractivity contribution < 1.29 is 23.7 Å². The first kappa shape index (κ1) is 22.6. The molecule has 0 radical (unpaired) electrons. The summed E-state index contributed by atoms with van der Waals surface area (Å²) in [6.07, 6.45) is 2.75. The smallest absolute Gasteiger partial charge is 0.320 e. The maximum Gasteiger partial charge on any atom is 0.320 e. The van der Waals surface area contributed by atoms with Crippen molar-refractivity contribution in [3.63, 3.8) is 0 Å². The molecule has 3 heterocycles. The SMILES string of the molecule is COCOc1cc(N2CCc3c(O)nc(OC[C@@H]4CCCN4C)nc3C2)c2c(F)cccc2c1. The van der Waals surface area contributed by atoms with Crippen LogP contribution in [0.4, 0.5) is 10.1 Å². The van der Waals surface area contributed by atoms with Crippen molar-refractivity contribution in [2.75, 3.05) is 45.5 Å². The first-order valence-corrected chi connectivity index (χ1v) is 11.5. The van der Waals surface area contributed by atoms with Crippen molar-refractivity contribution in [2.24, 2.45) is 0 Å². The lowest BCUT2D eigenvalue weighted by Crippen LogP contribution is -2.33. The average molecular weight is 469 g/mol. The van der Waals surface area contributed by atoms with Crippen molar-refractivity contribution >= 4 is 16.5 Å². The van der Waals surface area contributed by atoms with E-state index in [0.717, 1.165) is 24.8 Å². The number of rotatable bonds is 7. The number of halogens is 1. The molecule has 2 aliphatic rings. The highest BCUT2D eigenvalue weighted by molar-refractivity contribution is 5.96. The summed E-state index contributed by atoms with van der Waals surface area (Å²) in [5.74, 6) is 0.246. The number of likely N-dealkylation sites (tertiary alicyclic amines) is 1. The molecule has 5 rings (SSSR count). The first-order valence-electron chi connectivity index (χ1n) is 11.5. The molecule has 8 nitrogen and oxygen atoms in total. The topological polar surface area (TPSA) is 80.2 Å². The molecule has 3 aromatic rings. The molecule has 1 N–H and O–H groups in total. The Kier molecular flexibility index (Phi) is 6.38. The van der Waals surface area contributed by atoms with Gasteiger partial charge in [0.1, 0.15) is 18.2 Å². The van der Waals surface area contributed by atoms with E-state index in [9.17, 15) is 9.50 Å². The van der Waals surface area contributed by atoms with Gasteiger partial charge in [-0.2, -0.15) is 9.97 Å². The van der Waals surface area contributed by atoms with Gasteiger partial charge in [-0.25, -0.2) is 4.39 Å². The molecule has 0 saturated carbocycles. The normalized spacial score (nSPS) is 18.3. The summed E-state index contributed by atoms with van der Waals surface area (Å²) in [6, 6.07) is 9.12. The van der Waals surface area contributed by atoms with Gasteiger partial charge in [0, 0.05) is 36.7 Å². The number of hydrogen-bond donors (Lipinski definition) is 1. The molecule has 1 fully saturated rings. The van der Waals surface area contributed by atoms with Gasteiger partial charge in [-0.3, -0.25) is 0 Å². The minimum absolute atomic E-state index is 0.0485. The standard InChI is InChI=1S/C25H29FN4O4/c1-29-9-4-6-17(29)14-33-25-27-21-13-30(10-8-19(21)24(31)28-25)22-12-18(34-15-32-2)11-16-5-3-7-20(26)23(16)22/h3,5,7,11-12,17H,4,6,8-10,13-15H2,1-2H3,(H,27,28,31)/t17-/m0/s1. The van der Waals surface area contributed by atoms with Crippen LogP contribution in [-0.2, 0) is 17.7 Å². The number of aromatic nitrogens is 2. The van der Waals surface area contributed by atoms with E-state index in [4.69, 9.17) is 14.2 Å². The quantitative estimate of drug-likeness (QED) is 0.528. The Morgan fingerprint density at radius 3 is 2.85 bits per heavy atom. The number of nitrogens with zero attached hydrogens (tertiary/aromatic N) is 4. The van der Waals surface area contributed by atoms with Crippen molar-refractivity contribution in [1.82, 2.24) is 14.9 Å². The third-order valence-electron chi connectivity index (χ3n) is 6.66. The van der Waals surface area contributed by atoms with E-state index in [0.29, 0.717) is 60.2 Å². The predicted molar refractivity (Wildman–Crippen MR) is 126 cm³/mol. The minimum atomic E-state index is -0.299. The fourth-order valence-corrected chi connectivity index (χ4v) is 4.81. The van der Waals surface area contributed by atoms with E-state index in [2.05, 4.69) is 21.9 Å². The van der Waals surface area contributed by atoms with Crippen molar-refractivity contribution in [3.05, 3.63) is 47.4 Å². The largest absolute Gasteiger partial charge is 0.493 e. The van der Waals surface area contributed by atoms with Crippen LogP contribution in [0.15, 0.2) is 30.3 Å². The molecular formula is C25H29FN4O4. The Balaban J connectivity index is 1.44. The highest BCUT2D eigenvalue weighted by Crippen LogP contribution is 2.37. The van der Waals surface area contributed by atoms with Crippen LogP contribution in [-0.4, -0.2) is 66.7 Å². The fraction of sp³-hybridized carbons (Fsp3) is 0.440. The van der Waals surface area contributed by atoms with E-state index in [-0.39, 0.29) is 24.5 Å². The second-order valence-corrected chi connectivity index (χ2v) is 8.85. The van der Waals surface area contributed by atoms with Gasteiger partial charge in [0.2, 0.25) is 5.88 Å². The molecule has 34 heavy (non-hydrogen) atoms. The second-order valence-electron chi connectivity index (χ2n) is 8.85. The van der Waals surface area contributed by atoms with Gasteiger partial charge >= 0.3 is 6.01 Å². The molecule has 1 saturated heterocycles. The molecule has 0 amide bonds. The van der Waals surface area contributed by atoms with Crippen LogP contribution in [0.5, 0.6) is 17.6 Å². The number of likely N-dealkylation sites (N-methyl/N-ethyl adjacent to an activating group) is 1. The van der Waals surface area contributed by atoms with Crippen LogP contribution in [0.1, 0.15) is 24.1 Å². The summed E-state index contributed by atoms with van der Waals surface area (Å²) < 4.78 is 31.5. The Morgan fingerprint density at radius 1 is 1.18 bits per heavy atom. The van der Waals surface area contributed by atoms with E-state index in [1.165, 1.54) is 6.07 Å². The highest BCUT2D eigenvalue weighted by atomic mass is 19.1. The van der Waals surface area contributed by atoms with E-state index in [1.54, 1.807) is 19.2 Å². The number of methoxy groups -OCH3 is 1. The van der Waals surface area contributed by atoms with E-state index >= 15 is 0 Å². The number of fused-ring (bicyclic) bond motifs is 2. The molecule has 0 spiro atoms. The molecule has 9 heteroatoms. The van der Waals surface area contributed by atoms with Crippen molar-refractivity contribution in [2.45, 2.75) is 31.8 Å². The van der Waals surface area contributed by atoms with Crippen LogP contribution < -0.4 is 14.4 Å². The van der Waals surface area contributed by atoms with Gasteiger partial charge in [0.15, 0.2) is 6.79 Å². The molecule has 0 aliphatic carbocycles. The lowest BCUT2D eigenvalue weighted by molar-refractivity contribution is 0.0512. The Hall–Kier alpha value is -3.17. The van der Waals surface area contributed by atoms with Gasteiger partial charge in [0.05, 0.1) is 17.9 Å². The number of hydrogen-bond acceptors (Lipinski definition) is 8. The zero-order chi connectivity index (χ0) is 23.7. The lowest BCUT2D eigenvalue weighted by atomic mass is 10.0. The molecule has 1 aromatic heterocycles. The zero-order valence-electron chi connectivity index (χ0n) is 19.5. The van der Waals surface area contributed by atoms with Crippen molar-refractivity contribution in [1.29, 1.82) is 0 Å². The van der Waals surface area contributed by atoms with Gasteiger partial charge in [-0.05, 0) is 50.4 Å². The number of benzene rings is 2. The third kappa shape index (κ3) is 4.45. The second kappa shape index (κ2) is 9.60. The van der Waals surface area contributed by atoms with E-state index in [1.807, 2.05) is 17.0 Å². The van der Waals surface area contributed by atoms with Gasteiger partial charge in [-0.15, -0.1) is 0 Å². The van der Waals surface area contributed by atoms with Gasteiger partial charge in [-0.1, -0.05) is 12.1 Å². The summed E-state index contributed by atoms with van der Waals surface area (Å²) in [4.78, 5) is 13.1. The van der Waals surface area contributed by atoms with Crippen LogP contribution in [0.25, 0.3) is 10.8 Å². The minimum Gasteiger partial charge on any atom is -0.493 e. The fourth-order valence-electron chi connectivity index (χ4n) is 4.81. The summed E-state index contributed by atoms with van der Waals surface area (Å²) >= 11 is 0. The number of ether oxygens (including phenoxy) is 3. The summed E-state index contributed by atoms with van der Waals surface area (Å²) in [7, 11) is 3.64. The van der Waals surface area contributed by atoms with Crippen LogP contribution in [0, 0.1) is 5.82 Å². The van der Waals surface area contributed by atoms with Crippen molar-refractivity contribution in [3.8, 4) is 17.6 Å². The van der Waals surface area contributed by atoms with Crippen LogP contribution in [0.2, 0.25) is 0 Å². The Morgan fingerprint density at radius 2 is 2.06 bits per heavy atom. The molecular weight excluding hydrogens is 439 g/mol. The highest BCUT2D eigenvalue weighted by Gasteiger charge is 2.26. The summed E-state index contributed by atoms with van der Waals surface area (Å²) in [6.45, 7) is 2.60. The Bertz CT molecular complexity index is 1190. The molecule has 0 bridgehead atoms. The van der Waals surface area contributed by atoms with Gasteiger partial charge in [0.25, 0.3) is 0 Å². The molecule has 0 unspecified atom stereocenters. The summed E-state index contributed by atoms with van der Waals surface area (Å²) in [5, 5.41) is 11.8. The maximum atomic E-state index is 14.9. The van der Waals surface area contributed by atoms with Gasteiger partial charge < -0.3 is 29.1 Å². The van der Waals surface area contributed by atoms with Crippen LogP contribution >= 0.6 is 0 Å². The number of anilines is 1. The third-order valence-corrected chi connectivity index (χ3v) is 6.66. The molecule has 2 aliphatic heterocycles. The first-order chi connectivity index (χ1) is 16.5. The lowest BCUT2D eigenvalue weighted by Gasteiger charge is -2.31. The molecule has 180 valence electrons. The maximum absolute atomic E-state index is 14.9.